The Morgan fingerprint density at radius 2 is 2.06 bits per heavy atom. The standard InChI is InChI=1S/C12H16BrNO2S2/c1-10-9-14(6-7-17-10)18(15,16)12-4-2-11(8-13)3-5-12/h2-5,10H,6-9H2,1H3. The van der Waals surface area contributed by atoms with Crippen molar-refractivity contribution in [3.8, 4) is 0 Å². The highest BCUT2D eigenvalue weighted by Crippen LogP contribution is 2.24. The van der Waals surface area contributed by atoms with Crippen molar-refractivity contribution < 1.29 is 8.42 Å². The maximum atomic E-state index is 12.4. The van der Waals surface area contributed by atoms with Crippen LogP contribution < -0.4 is 0 Å². The predicted molar refractivity (Wildman–Crippen MR) is 79.8 cm³/mol. The molecule has 3 nitrogen and oxygen atoms in total. The first-order valence-corrected chi connectivity index (χ1v) is 9.41. The van der Waals surface area contributed by atoms with Crippen LogP contribution in [0.3, 0.4) is 0 Å². The van der Waals surface area contributed by atoms with Gasteiger partial charge in [0.15, 0.2) is 0 Å². The van der Waals surface area contributed by atoms with Gasteiger partial charge in [-0.25, -0.2) is 8.42 Å². The fourth-order valence-corrected chi connectivity index (χ4v) is 5.03. The lowest BCUT2D eigenvalue weighted by molar-refractivity contribution is 0.424. The van der Waals surface area contributed by atoms with Gasteiger partial charge in [-0.15, -0.1) is 0 Å². The highest BCUT2D eigenvalue weighted by atomic mass is 79.9. The van der Waals surface area contributed by atoms with E-state index in [1.807, 2.05) is 23.9 Å². The number of hydrogen-bond donors (Lipinski definition) is 0. The van der Waals surface area contributed by atoms with Gasteiger partial charge < -0.3 is 0 Å². The van der Waals surface area contributed by atoms with Crippen LogP contribution in [0.25, 0.3) is 0 Å². The fraction of sp³-hybridized carbons (Fsp3) is 0.500. The van der Waals surface area contributed by atoms with Crippen LogP contribution in [-0.4, -0.2) is 36.8 Å². The maximum absolute atomic E-state index is 12.4. The minimum absolute atomic E-state index is 0.371. The van der Waals surface area contributed by atoms with E-state index in [2.05, 4.69) is 22.9 Å². The van der Waals surface area contributed by atoms with Crippen molar-refractivity contribution in [2.24, 2.45) is 0 Å². The molecule has 1 atom stereocenters. The zero-order valence-corrected chi connectivity index (χ0v) is 13.4. The highest BCUT2D eigenvalue weighted by Gasteiger charge is 2.28. The SMILES string of the molecule is CC1CN(S(=O)(=O)c2ccc(CBr)cc2)CCS1. The Morgan fingerprint density at radius 3 is 2.61 bits per heavy atom. The third-order valence-electron chi connectivity index (χ3n) is 2.92. The summed E-state index contributed by atoms with van der Waals surface area (Å²) in [6.45, 7) is 3.28. The molecule has 1 aliphatic heterocycles. The second-order valence-electron chi connectivity index (χ2n) is 4.32. The maximum Gasteiger partial charge on any atom is 0.243 e. The molecule has 0 radical (unpaired) electrons. The summed E-state index contributed by atoms with van der Waals surface area (Å²) < 4.78 is 26.5. The monoisotopic (exact) mass is 349 g/mol. The van der Waals surface area contributed by atoms with Crippen LogP contribution in [0.1, 0.15) is 12.5 Å². The van der Waals surface area contributed by atoms with E-state index in [1.54, 1.807) is 16.4 Å². The quantitative estimate of drug-likeness (QED) is 0.787. The summed E-state index contributed by atoms with van der Waals surface area (Å²) in [5.41, 5.74) is 1.08. The van der Waals surface area contributed by atoms with Crippen LogP contribution in [0.5, 0.6) is 0 Å². The molecule has 6 heteroatoms. The third kappa shape index (κ3) is 3.10. The topological polar surface area (TPSA) is 37.4 Å². The van der Waals surface area contributed by atoms with Gasteiger partial charge >= 0.3 is 0 Å². The molecule has 18 heavy (non-hydrogen) atoms. The Balaban J connectivity index is 2.23. The predicted octanol–water partition coefficient (Wildman–Crippen LogP) is 2.71. The van der Waals surface area contributed by atoms with Crippen molar-refractivity contribution in [1.82, 2.24) is 4.31 Å². The minimum atomic E-state index is -3.32. The molecule has 1 aromatic carbocycles. The smallest absolute Gasteiger partial charge is 0.207 e. The summed E-state index contributed by atoms with van der Waals surface area (Å²) in [5.74, 6) is 0.875. The number of sulfonamides is 1. The van der Waals surface area contributed by atoms with E-state index in [0.29, 0.717) is 23.2 Å². The second kappa shape index (κ2) is 5.94. The van der Waals surface area contributed by atoms with Crippen molar-refractivity contribution in [3.05, 3.63) is 29.8 Å². The van der Waals surface area contributed by atoms with Gasteiger partial charge in [0.2, 0.25) is 10.0 Å². The molecule has 1 aromatic rings. The summed E-state index contributed by atoms with van der Waals surface area (Å²) >= 11 is 5.18. The zero-order chi connectivity index (χ0) is 13.2. The number of benzene rings is 1. The summed E-state index contributed by atoms with van der Waals surface area (Å²) in [7, 11) is -3.32. The number of nitrogens with zero attached hydrogens (tertiary/aromatic N) is 1. The molecule has 1 heterocycles. The van der Waals surface area contributed by atoms with Crippen LogP contribution in [0.2, 0.25) is 0 Å². The molecule has 1 aliphatic rings. The van der Waals surface area contributed by atoms with Crippen molar-refractivity contribution in [2.75, 3.05) is 18.8 Å². The van der Waals surface area contributed by atoms with E-state index in [1.165, 1.54) is 0 Å². The Labute approximate surface area is 121 Å². The first-order valence-electron chi connectivity index (χ1n) is 5.80. The lowest BCUT2D eigenvalue weighted by Gasteiger charge is -2.29. The Morgan fingerprint density at radius 1 is 1.39 bits per heavy atom. The number of alkyl halides is 1. The molecule has 0 N–H and O–H groups in total. The van der Waals surface area contributed by atoms with Crippen LogP contribution in [0, 0.1) is 0 Å². The van der Waals surface area contributed by atoms with Crippen molar-refractivity contribution in [1.29, 1.82) is 0 Å². The molecule has 0 amide bonds. The van der Waals surface area contributed by atoms with Gasteiger partial charge in [-0.05, 0) is 17.7 Å². The van der Waals surface area contributed by atoms with E-state index in [9.17, 15) is 8.42 Å². The fourth-order valence-electron chi connectivity index (χ4n) is 1.90. The molecule has 0 saturated carbocycles. The highest BCUT2D eigenvalue weighted by molar-refractivity contribution is 9.08. The minimum Gasteiger partial charge on any atom is -0.207 e. The van der Waals surface area contributed by atoms with Crippen LogP contribution >= 0.6 is 27.7 Å². The molecule has 1 saturated heterocycles. The average Bonchev–Trinajstić information content (AvgIpc) is 2.39. The molecule has 0 aromatic heterocycles. The van der Waals surface area contributed by atoms with Gasteiger partial charge in [0.05, 0.1) is 4.90 Å². The normalized spacial score (nSPS) is 22.0. The molecule has 100 valence electrons. The largest absolute Gasteiger partial charge is 0.243 e. The lowest BCUT2D eigenvalue weighted by Crippen LogP contribution is -2.40. The molecule has 1 unspecified atom stereocenters. The summed E-state index contributed by atoms with van der Waals surface area (Å²) in [5, 5.41) is 1.11. The van der Waals surface area contributed by atoms with Crippen LogP contribution in [0.15, 0.2) is 29.2 Å². The molecule has 0 bridgehead atoms. The number of thioether (sulfide) groups is 1. The van der Waals surface area contributed by atoms with Gasteiger partial charge in [0.1, 0.15) is 0 Å². The zero-order valence-electron chi connectivity index (χ0n) is 10.2. The summed E-state index contributed by atoms with van der Waals surface area (Å²) in [4.78, 5) is 0.395. The van der Waals surface area contributed by atoms with Gasteiger partial charge in [0.25, 0.3) is 0 Å². The van der Waals surface area contributed by atoms with E-state index in [-0.39, 0.29) is 0 Å². The van der Waals surface area contributed by atoms with E-state index in [0.717, 1.165) is 16.6 Å². The average molecular weight is 350 g/mol. The van der Waals surface area contributed by atoms with Crippen molar-refractivity contribution in [3.63, 3.8) is 0 Å². The molecule has 0 spiro atoms. The first-order chi connectivity index (χ1) is 8.54. The molecular weight excluding hydrogens is 334 g/mol. The van der Waals surface area contributed by atoms with E-state index >= 15 is 0 Å². The molecule has 0 aliphatic carbocycles. The summed E-state index contributed by atoms with van der Waals surface area (Å²) in [6, 6.07) is 7.09. The van der Waals surface area contributed by atoms with Gasteiger partial charge in [0, 0.05) is 29.4 Å². The first kappa shape index (κ1) is 14.4. The van der Waals surface area contributed by atoms with Gasteiger partial charge in [-0.1, -0.05) is 35.0 Å². The third-order valence-corrected chi connectivity index (χ3v) is 6.58. The Hall–Kier alpha value is -0.0400. The molecule has 2 rings (SSSR count). The van der Waals surface area contributed by atoms with Crippen molar-refractivity contribution >= 4 is 37.7 Å². The van der Waals surface area contributed by atoms with Crippen molar-refractivity contribution in [2.45, 2.75) is 22.4 Å². The van der Waals surface area contributed by atoms with Gasteiger partial charge in [-0.3, -0.25) is 0 Å². The lowest BCUT2D eigenvalue weighted by atomic mass is 10.2. The Kier molecular flexibility index (Phi) is 4.75. The Bertz CT molecular complexity index is 501. The van der Waals surface area contributed by atoms with Crippen LogP contribution in [0.4, 0.5) is 0 Å². The number of rotatable bonds is 3. The number of halogens is 1. The van der Waals surface area contributed by atoms with E-state index < -0.39 is 10.0 Å². The molecular formula is C12H16BrNO2S2. The number of hydrogen-bond acceptors (Lipinski definition) is 3. The van der Waals surface area contributed by atoms with E-state index in [4.69, 9.17) is 0 Å². The summed E-state index contributed by atoms with van der Waals surface area (Å²) in [6.07, 6.45) is 0. The van der Waals surface area contributed by atoms with Crippen LogP contribution in [-0.2, 0) is 15.4 Å². The van der Waals surface area contributed by atoms with Gasteiger partial charge in [-0.2, -0.15) is 16.1 Å². The second-order valence-corrected chi connectivity index (χ2v) is 8.37. The molecule has 1 fully saturated rings.